The largest absolute Gasteiger partial charge is 0.493 e. The van der Waals surface area contributed by atoms with Crippen LogP contribution in [0.2, 0.25) is 0 Å². The highest BCUT2D eigenvalue weighted by Gasteiger charge is 2.14. The van der Waals surface area contributed by atoms with E-state index in [1.807, 2.05) is 0 Å². The lowest BCUT2D eigenvalue weighted by atomic mass is 10.1. The molecule has 0 saturated heterocycles. The molecule has 0 bridgehead atoms. The number of nitrogens with zero attached hydrogens (tertiary/aromatic N) is 1. The number of nitro groups is 1. The SMILES string of the molecule is COc1cc(C=C(C)[N+](=O)[O-])cc(OC)c1OCCCF. The summed E-state index contributed by atoms with van der Waals surface area (Å²) in [7, 11) is 2.90. The Morgan fingerprint density at radius 2 is 1.90 bits per heavy atom. The van der Waals surface area contributed by atoms with Gasteiger partial charge in [0, 0.05) is 19.4 Å². The maximum absolute atomic E-state index is 12.1. The minimum absolute atomic E-state index is 0.00907. The monoisotopic (exact) mass is 299 g/mol. The molecule has 0 heterocycles. The van der Waals surface area contributed by atoms with Gasteiger partial charge >= 0.3 is 0 Å². The Kier molecular flexibility index (Phi) is 6.45. The van der Waals surface area contributed by atoms with E-state index in [0.717, 1.165) is 0 Å². The van der Waals surface area contributed by atoms with Gasteiger partial charge in [-0.05, 0) is 17.7 Å². The molecule has 116 valence electrons. The van der Waals surface area contributed by atoms with E-state index in [4.69, 9.17) is 14.2 Å². The van der Waals surface area contributed by atoms with Crippen LogP contribution in [0.4, 0.5) is 4.39 Å². The van der Waals surface area contributed by atoms with Crippen molar-refractivity contribution in [2.24, 2.45) is 0 Å². The van der Waals surface area contributed by atoms with Crippen LogP contribution < -0.4 is 14.2 Å². The van der Waals surface area contributed by atoms with Crippen molar-refractivity contribution in [3.63, 3.8) is 0 Å². The maximum Gasteiger partial charge on any atom is 0.243 e. The summed E-state index contributed by atoms with van der Waals surface area (Å²) in [4.78, 5) is 10.2. The van der Waals surface area contributed by atoms with Crippen molar-refractivity contribution < 1.29 is 23.5 Å². The molecule has 0 N–H and O–H groups in total. The Labute approximate surface area is 122 Å². The van der Waals surface area contributed by atoms with Crippen LogP contribution in [0.3, 0.4) is 0 Å². The molecular weight excluding hydrogens is 281 g/mol. The van der Waals surface area contributed by atoms with E-state index in [1.165, 1.54) is 27.2 Å². The Bertz CT molecular complexity index is 505. The van der Waals surface area contributed by atoms with E-state index in [9.17, 15) is 14.5 Å². The molecule has 1 rings (SSSR count). The molecule has 0 spiro atoms. The molecule has 7 heteroatoms. The molecule has 0 aliphatic carbocycles. The molecular formula is C14H18FNO5. The number of halogens is 1. The number of allylic oxidation sites excluding steroid dienone is 1. The summed E-state index contributed by atoms with van der Waals surface area (Å²) >= 11 is 0. The smallest absolute Gasteiger partial charge is 0.243 e. The van der Waals surface area contributed by atoms with Crippen LogP contribution in [-0.4, -0.2) is 32.4 Å². The number of hydrogen-bond acceptors (Lipinski definition) is 5. The normalized spacial score (nSPS) is 11.1. The molecule has 1 aromatic carbocycles. The molecule has 0 aliphatic heterocycles. The highest BCUT2D eigenvalue weighted by atomic mass is 19.1. The number of rotatable bonds is 8. The summed E-state index contributed by atoms with van der Waals surface area (Å²) in [6.07, 6.45) is 1.66. The first-order valence-electron chi connectivity index (χ1n) is 6.31. The predicted molar refractivity (Wildman–Crippen MR) is 76.3 cm³/mol. The van der Waals surface area contributed by atoms with Gasteiger partial charge in [-0.2, -0.15) is 0 Å². The van der Waals surface area contributed by atoms with Gasteiger partial charge in [-0.3, -0.25) is 14.5 Å². The van der Waals surface area contributed by atoms with Crippen molar-refractivity contribution in [3.8, 4) is 17.2 Å². The van der Waals surface area contributed by atoms with Gasteiger partial charge in [0.05, 0.1) is 32.4 Å². The second-order valence-corrected chi connectivity index (χ2v) is 4.19. The number of alkyl halides is 1. The molecule has 1 aromatic rings. The Morgan fingerprint density at radius 1 is 1.33 bits per heavy atom. The molecule has 0 amide bonds. The van der Waals surface area contributed by atoms with Crippen LogP contribution in [0.1, 0.15) is 18.9 Å². The summed E-state index contributed by atoms with van der Waals surface area (Å²) in [5, 5.41) is 10.7. The third-order valence-electron chi connectivity index (χ3n) is 2.67. The molecule has 0 atom stereocenters. The third-order valence-corrected chi connectivity index (χ3v) is 2.67. The van der Waals surface area contributed by atoms with E-state index in [0.29, 0.717) is 22.8 Å². The zero-order chi connectivity index (χ0) is 15.8. The van der Waals surface area contributed by atoms with Crippen molar-refractivity contribution >= 4 is 6.08 Å². The summed E-state index contributed by atoms with van der Waals surface area (Å²) < 4.78 is 28.0. The van der Waals surface area contributed by atoms with Crippen LogP contribution in [-0.2, 0) is 0 Å². The van der Waals surface area contributed by atoms with Crippen molar-refractivity contribution in [3.05, 3.63) is 33.5 Å². The topological polar surface area (TPSA) is 70.8 Å². The second-order valence-electron chi connectivity index (χ2n) is 4.19. The van der Waals surface area contributed by atoms with E-state index in [2.05, 4.69) is 0 Å². The first-order valence-corrected chi connectivity index (χ1v) is 6.31. The molecule has 0 aliphatic rings. The van der Waals surface area contributed by atoms with Crippen LogP contribution in [0.15, 0.2) is 17.8 Å². The zero-order valence-electron chi connectivity index (χ0n) is 12.2. The fourth-order valence-corrected chi connectivity index (χ4v) is 1.65. The molecule has 0 radical (unpaired) electrons. The quantitative estimate of drug-likeness (QED) is 0.419. The maximum atomic E-state index is 12.1. The van der Waals surface area contributed by atoms with E-state index in [-0.39, 0.29) is 18.7 Å². The first-order chi connectivity index (χ1) is 10.0. The summed E-state index contributed by atoms with van der Waals surface area (Å²) in [6.45, 7) is 1.10. The van der Waals surface area contributed by atoms with Gasteiger partial charge in [0.2, 0.25) is 11.4 Å². The lowest BCUT2D eigenvalue weighted by molar-refractivity contribution is -0.422. The van der Waals surface area contributed by atoms with Crippen molar-refractivity contribution in [2.45, 2.75) is 13.3 Å². The average Bonchev–Trinajstić information content (AvgIpc) is 2.47. The Morgan fingerprint density at radius 3 is 2.33 bits per heavy atom. The molecule has 6 nitrogen and oxygen atoms in total. The lowest BCUT2D eigenvalue weighted by Gasteiger charge is -2.15. The van der Waals surface area contributed by atoms with Crippen LogP contribution >= 0.6 is 0 Å². The first kappa shape index (κ1) is 16.7. The van der Waals surface area contributed by atoms with E-state index >= 15 is 0 Å². The van der Waals surface area contributed by atoms with Gasteiger partial charge in [-0.1, -0.05) is 0 Å². The molecule has 0 saturated carbocycles. The number of hydrogen-bond donors (Lipinski definition) is 0. The fourth-order valence-electron chi connectivity index (χ4n) is 1.65. The van der Waals surface area contributed by atoms with Crippen LogP contribution in [0.5, 0.6) is 17.2 Å². The molecule has 0 unspecified atom stereocenters. The van der Waals surface area contributed by atoms with E-state index < -0.39 is 11.6 Å². The Hall–Kier alpha value is -2.31. The van der Waals surface area contributed by atoms with Gasteiger partial charge in [0.1, 0.15) is 0 Å². The van der Waals surface area contributed by atoms with Crippen LogP contribution in [0, 0.1) is 10.1 Å². The minimum atomic E-state index is -0.482. The summed E-state index contributed by atoms with van der Waals surface area (Å²) in [5.74, 6) is 1.09. The van der Waals surface area contributed by atoms with Crippen molar-refractivity contribution in [2.75, 3.05) is 27.5 Å². The highest BCUT2D eigenvalue weighted by Crippen LogP contribution is 2.39. The third kappa shape index (κ3) is 4.62. The highest BCUT2D eigenvalue weighted by molar-refractivity contribution is 5.62. The lowest BCUT2D eigenvalue weighted by Crippen LogP contribution is -2.02. The fraction of sp³-hybridized carbons (Fsp3) is 0.429. The van der Waals surface area contributed by atoms with Crippen LogP contribution in [0.25, 0.3) is 6.08 Å². The molecule has 0 fully saturated rings. The number of methoxy groups -OCH3 is 2. The van der Waals surface area contributed by atoms with Crippen molar-refractivity contribution in [1.82, 2.24) is 0 Å². The second kappa shape index (κ2) is 8.08. The van der Waals surface area contributed by atoms with Gasteiger partial charge < -0.3 is 14.2 Å². The van der Waals surface area contributed by atoms with Gasteiger partial charge in [-0.15, -0.1) is 0 Å². The Balaban J connectivity index is 3.17. The zero-order valence-corrected chi connectivity index (χ0v) is 12.2. The van der Waals surface area contributed by atoms with Crippen molar-refractivity contribution in [1.29, 1.82) is 0 Å². The summed E-state index contributed by atoms with van der Waals surface area (Å²) in [6, 6.07) is 3.20. The van der Waals surface area contributed by atoms with E-state index in [1.54, 1.807) is 12.1 Å². The standard InChI is InChI=1S/C14H18FNO5/c1-10(16(17)18)7-11-8-12(19-2)14(13(9-11)20-3)21-6-4-5-15/h7-9H,4-6H2,1-3H3. The van der Waals surface area contributed by atoms with Gasteiger partial charge in [0.25, 0.3) is 0 Å². The molecule has 0 aromatic heterocycles. The molecule has 21 heavy (non-hydrogen) atoms. The average molecular weight is 299 g/mol. The number of ether oxygens (including phenoxy) is 3. The van der Waals surface area contributed by atoms with Gasteiger partial charge in [0.15, 0.2) is 11.5 Å². The predicted octanol–water partition coefficient (Wildman–Crippen LogP) is 3.08. The summed E-state index contributed by atoms with van der Waals surface area (Å²) in [5.41, 5.74) is 0.543. The van der Waals surface area contributed by atoms with Gasteiger partial charge in [-0.25, -0.2) is 0 Å². The number of benzene rings is 1. The minimum Gasteiger partial charge on any atom is -0.493 e.